The first-order valence-electron chi connectivity index (χ1n) is 14.2. The summed E-state index contributed by atoms with van der Waals surface area (Å²) in [5, 5.41) is 11.8. The monoisotopic (exact) mass is 647 g/mol. The van der Waals surface area contributed by atoms with Crippen molar-refractivity contribution in [2.45, 2.75) is 83.4 Å². The molecule has 1 aromatic carbocycles. The quantitative estimate of drug-likeness (QED) is 0.296. The Morgan fingerprint density at radius 1 is 1.26 bits per heavy atom. The summed E-state index contributed by atoms with van der Waals surface area (Å²) in [5.74, 6) is 0.875. The van der Waals surface area contributed by atoms with Crippen LogP contribution >= 0.6 is 22.9 Å². The highest BCUT2D eigenvalue weighted by Gasteiger charge is 2.75. The largest absolute Gasteiger partial charge is 0.486 e. The molecular formula is C31H38INO6. The van der Waals surface area contributed by atoms with Crippen LogP contribution in [0.15, 0.2) is 48.1 Å². The Labute approximate surface area is 244 Å². The summed E-state index contributed by atoms with van der Waals surface area (Å²) in [6.45, 7) is 6.28. The van der Waals surface area contributed by atoms with Gasteiger partial charge in [0.05, 0.1) is 35.1 Å². The van der Waals surface area contributed by atoms with Crippen LogP contribution in [0.4, 0.5) is 5.69 Å². The number of nitrogens with one attached hydrogen (secondary N) is 1. The first-order chi connectivity index (χ1) is 18.7. The van der Waals surface area contributed by atoms with E-state index in [1.54, 1.807) is 12.2 Å². The third kappa shape index (κ3) is 4.07. The van der Waals surface area contributed by atoms with Gasteiger partial charge in [0, 0.05) is 22.4 Å². The average Bonchev–Trinajstić information content (AvgIpc) is 3.40. The standard InChI is InChI=1S/C31H38INO6/c1-4-5-27-38-26-15-23-22-11-6-18-14-20(34)12-13-29(18,2)28(22)24(35)16-30(23,3)31(26,39-27)25(36)17-37-21-9-7-19(33-32)8-10-21/h7-10,12-14,22-24,26-28,33,35H,4-6,11,15-17H2,1-3H3/t22?,23-,24-,26+,27?,28+,29-,30-,31+/m0/s1. The second-order valence-corrected chi connectivity index (χ2v) is 13.0. The minimum Gasteiger partial charge on any atom is -0.486 e. The number of hydrogen-bond donors (Lipinski definition) is 2. The number of fused-ring (bicyclic) bond motifs is 7. The molecule has 4 fully saturated rings. The van der Waals surface area contributed by atoms with Gasteiger partial charge in [-0.3, -0.25) is 9.59 Å². The van der Waals surface area contributed by atoms with E-state index in [0.717, 1.165) is 43.4 Å². The molecule has 3 saturated carbocycles. The summed E-state index contributed by atoms with van der Waals surface area (Å²) in [7, 11) is 0. The molecule has 210 valence electrons. The number of aliphatic hydroxyl groups is 1. The van der Waals surface area contributed by atoms with Crippen LogP contribution in [0.1, 0.15) is 59.3 Å². The van der Waals surface area contributed by atoms with Gasteiger partial charge < -0.3 is 22.8 Å². The summed E-state index contributed by atoms with van der Waals surface area (Å²) < 4.78 is 22.3. The van der Waals surface area contributed by atoms with E-state index in [1.165, 1.54) is 0 Å². The second-order valence-electron chi connectivity index (χ2n) is 12.5. The van der Waals surface area contributed by atoms with Crippen molar-refractivity contribution < 1.29 is 28.9 Å². The van der Waals surface area contributed by atoms with Crippen LogP contribution in [-0.2, 0) is 19.1 Å². The normalized spacial score (nSPS) is 42.2. The Kier molecular flexibility index (Phi) is 7.00. The molecule has 0 aromatic heterocycles. The Hall–Kier alpha value is -1.75. The maximum Gasteiger partial charge on any atom is 0.205 e. The fraction of sp³-hybridized carbons (Fsp3) is 0.613. The van der Waals surface area contributed by atoms with E-state index in [1.807, 2.05) is 30.3 Å². The first-order valence-corrected chi connectivity index (χ1v) is 15.3. The smallest absolute Gasteiger partial charge is 0.205 e. The van der Waals surface area contributed by atoms with Gasteiger partial charge >= 0.3 is 0 Å². The summed E-state index contributed by atoms with van der Waals surface area (Å²) >= 11 is 2.07. The number of anilines is 1. The third-order valence-corrected chi connectivity index (χ3v) is 11.2. The van der Waals surface area contributed by atoms with Crippen LogP contribution in [0.2, 0.25) is 0 Å². The van der Waals surface area contributed by atoms with Crippen LogP contribution in [0.25, 0.3) is 0 Å². The Morgan fingerprint density at radius 2 is 2.03 bits per heavy atom. The summed E-state index contributed by atoms with van der Waals surface area (Å²) in [4.78, 5) is 26.4. The van der Waals surface area contributed by atoms with Crippen molar-refractivity contribution in [1.29, 1.82) is 0 Å². The highest BCUT2D eigenvalue weighted by Crippen LogP contribution is 2.69. The van der Waals surface area contributed by atoms with Crippen molar-refractivity contribution in [3.8, 4) is 5.75 Å². The number of Topliss-reactive ketones (excluding diaryl/α,β-unsaturated/α-hetero) is 1. The van der Waals surface area contributed by atoms with E-state index < -0.39 is 23.4 Å². The van der Waals surface area contributed by atoms with Crippen molar-refractivity contribution >= 4 is 40.1 Å². The van der Waals surface area contributed by atoms with Gasteiger partial charge in [0.25, 0.3) is 0 Å². The number of carbonyl (C=O) groups excluding carboxylic acids is 2. The van der Waals surface area contributed by atoms with Crippen LogP contribution in [0.5, 0.6) is 5.75 Å². The van der Waals surface area contributed by atoms with Gasteiger partial charge in [0.2, 0.25) is 5.78 Å². The molecular weight excluding hydrogens is 609 g/mol. The molecule has 0 amide bonds. The Balaban J connectivity index is 1.32. The predicted molar refractivity (Wildman–Crippen MR) is 155 cm³/mol. The number of hydrogen-bond acceptors (Lipinski definition) is 7. The summed E-state index contributed by atoms with van der Waals surface area (Å²) in [6.07, 6.45) is 8.50. The van der Waals surface area contributed by atoms with Gasteiger partial charge in [-0.05, 0) is 80.4 Å². The molecule has 2 unspecified atom stereocenters. The predicted octanol–water partition coefficient (Wildman–Crippen LogP) is 5.57. The lowest BCUT2D eigenvalue weighted by Gasteiger charge is -2.59. The molecule has 39 heavy (non-hydrogen) atoms. The molecule has 8 heteroatoms. The molecule has 1 aromatic rings. The van der Waals surface area contributed by atoms with Gasteiger partial charge in [0.1, 0.15) is 12.4 Å². The summed E-state index contributed by atoms with van der Waals surface area (Å²) in [5.41, 5.74) is -0.0439. The molecule has 9 atom stereocenters. The molecule has 4 aliphatic carbocycles. The van der Waals surface area contributed by atoms with Gasteiger partial charge in [-0.15, -0.1) is 0 Å². The van der Waals surface area contributed by atoms with Crippen LogP contribution in [0, 0.1) is 28.6 Å². The molecule has 7 nitrogen and oxygen atoms in total. The van der Waals surface area contributed by atoms with E-state index >= 15 is 0 Å². The topological polar surface area (TPSA) is 94.1 Å². The van der Waals surface area contributed by atoms with Crippen molar-refractivity contribution in [2.75, 3.05) is 10.1 Å². The Morgan fingerprint density at radius 3 is 2.74 bits per heavy atom. The molecule has 6 rings (SSSR count). The fourth-order valence-corrected chi connectivity index (χ4v) is 9.24. The van der Waals surface area contributed by atoms with Crippen LogP contribution in [0.3, 0.4) is 0 Å². The SMILES string of the molecule is CCCC1O[C@@H]2C[C@H]3C4CCC5=CC(=O)C=C[C@]5(C)[C@H]4[C@@H](O)C[C@]3(C)[C@]2(C(=O)COc2ccc(NI)cc2)O1. The zero-order chi connectivity index (χ0) is 27.6. The molecule has 0 bridgehead atoms. The van der Waals surface area contributed by atoms with Crippen molar-refractivity contribution in [3.05, 3.63) is 48.1 Å². The lowest BCUT2D eigenvalue weighted by molar-refractivity contribution is -0.200. The van der Waals surface area contributed by atoms with Gasteiger partial charge in [-0.1, -0.05) is 38.8 Å². The highest BCUT2D eigenvalue weighted by molar-refractivity contribution is 14.1. The number of aliphatic hydroxyl groups excluding tert-OH is 1. The minimum absolute atomic E-state index is 0.0152. The lowest BCUT2D eigenvalue weighted by Crippen LogP contribution is -2.63. The average molecular weight is 648 g/mol. The fourth-order valence-electron chi connectivity index (χ4n) is 8.88. The maximum absolute atomic E-state index is 14.3. The number of rotatable bonds is 7. The molecule has 2 N–H and O–H groups in total. The molecule has 0 radical (unpaired) electrons. The minimum atomic E-state index is -1.16. The van der Waals surface area contributed by atoms with Crippen molar-refractivity contribution in [2.24, 2.45) is 28.6 Å². The van der Waals surface area contributed by atoms with Crippen LogP contribution < -0.4 is 8.27 Å². The van der Waals surface area contributed by atoms with Crippen molar-refractivity contribution in [1.82, 2.24) is 0 Å². The molecule has 1 saturated heterocycles. The number of carbonyl (C=O) groups is 2. The number of halogens is 1. The molecule has 5 aliphatic rings. The zero-order valence-corrected chi connectivity index (χ0v) is 25.0. The van der Waals surface area contributed by atoms with E-state index in [2.05, 4.69) is 47.2 Å². The number of ketones is 2. The molecule has 1 heterocycles. The third-order valence-electron chi connectivity index (χ3n) is 10.6. The van der Waals surface area contributed by atoms with E-state index in [0.29, 0.717) is 12.2 Å². The van der Waals surface area contributed by atoms with Gasteiger partial charge in [-0.2, -0.15) is 0 Å². The van der Waals surface area contributed by atoms with Gasteiger partial charge in [0.15, 0.2) is 17.7 Å². The zero-order valence-electron chi connectivity index (χ0n) is 22.8. The number of allylic oxidation sites excluding steroid dienone is 4. The summed E-state index contributed by atoms with van der Waals surface area (Å²) in [6, 6.07) is 7.51. The van der Waals surface area contributed by atoms with E-state index in [4.69, 9.17) is 14.2 Å². The van der Waals surface area contributed by atoms with Crippen molar-refractivity contribution in [3.63, 3.8) is 0 Å². The Bertz CT molecular complexity index is 1210. The van der Waals surface area contributed by atoms with E-state index in [9.17, 15) is 14.7 Å². The molecule has 0 spiro atoms. The number of ether oxygens (including phenoxy) is 3. The van der Waals surface area contributed by atoms with Crippen LogP contribution in [-0.4, -0.2) is 47.4 Å². The first kappa shape index (κ1) is 27.4. The lowest BCUT2D eigenvalue weighted by atomic mass is 9.46. The highest BCUT2D eigenvalue weighted by atomic mass is 127. The maximum atomic E-state index is 14.3. The molecule has 1 aliphatic heterocycles. The number of benzene rings is 1. The second kappa shape index (κ2) is 9.96. The van der Waals surface area contributed by atoms with Gasteiger partial charge in [-0.25, -0.2) is 0 Å². The van der Waals surface area contributed by atoms with E-state index in [-0.39, 0.29) is 47.4 Å².